The van der Waals surface area contributed by atoms with Crippen LogP contribution in [-0.4, -0.2) is 140 Å². The molecule has 14 nitrogen and oxygen atoms in total. The molecule has 0 saturated carbocycles. The zero-order valence-corrected chi connectivity index (χ0v) is 60.0. The number of unbranched alkanes of at least 4 members (excludes halogenated alkanes) is 42. The van der Waals surface area contributed by atoms with Crippen LogP contribution >= 0.6 is 0 Å². The molecule has 2 heterocycles. The first-order valence-electron chi connectivity index (χ1n) is 39.2. The van der Waals surface area contributed by atoms with Gasteiger partial charge in [-0.15, -0.1) is 0 Å². The highest BCUT2D eigenvalue weighted by Crippen LogP contribution is 2.30. The fraction of sp³-hybridized carbons (Fsp3) is 0.838. The molecule has 0 aromatic rings. The van der Waals surface area contributed by atoms with Crippen LogP contribution in [0.3, 0.4) is 0 Å². The van der Waals surface area contributed by atoms with Gasteiger partial charge in [0.25, 0.3) is 0 Å². The van der Waals surface area contributed by atoms with Crippen molar-refractivity contribution < 1.29 is 64.6 Å². The van der Waals surface area contributed by atoms with Gasteiger partial charge in [-0.05, 0) is 64.2 Å². The Labute approximate surface area is 574 Å². The first-order valence-corrected chi connectivity index (χ1v) is 39.2. The number of allylic oxidation sites excluding steroid dienone is 11. The van der Waals surface area contributed by atoms with E-state index in [0.29, 0.717) is 6.42 Å². The molecule has 12 atom stereocenters. The van der Waals surface area contributed by atoms with Crippen molar-refractivity contribution in [3.8, 4) is 0 Å². The Morgan fingerprint density at radius 1 is 0.394 bits per heavy atom. The Kier molecular flexibility index (Phi) is 59.4. The van der Waals surface area contributed by atoms with Crippen LogP contribution in [-0.2, 0) is 23.7 Å². The zero-order valence-electron chi connectivity index (χ0n) is 60.0. The topological polar surface area (TPSA) is 228 Å². The van der Waals surface area contributed by atoms with Crippen LogP contribution in [0.4, 0.5) is 0 Å². The molecule has 9 N–H and O–H groups in total. The van der Waals surface area contributed by atoms with Crippen molar-refractivity contribution in [1.29, 1.82) is 0 Å². The van der Waals surface area contributed by atoms with Gasteiger partial charge in [-0.25, -0.2) is 0 Å². The maximum Gasteiger partial charge on any atom is 0.220 e. The highest BCUT2D eigenvalue weighted by Gasteiger charge is 2.51. The normalized spacial score (nSPS) is 22.8. The smallest absolute Gasteiger partial charge is 0.220 e. The van der Waals surface area contributed by atoms with Gasteiger partial charge < -0.3 is 65.1 Å². The standard InChI is InChI=1S/C80H145NO13/c1-3-5-7-9-11-13-15-17-19-21-23-24-25-26-27-28-29-30-31-32-33-34-35-36-37-38-39-40-41-42-43-44-46-48-50-52-54-56-58-60-62-64-72(85)81-68(69(84)63-61-59-57-55-53-51-49-47-45-22-20-18-16-14-12-10-8-6-4-2)67-91-79-77(90)75(88)78(71(66-83)93-79)94-80-76(89)74(87)73(86)70(65-82)92-80/h5,7,11,13,17,19,23-24,26-27,61,63,68-71,73-80,82-84,86-90H,3-4,6,8-10,12,14-16,18,20-22,25,28-60,62,64-67H2,1-2H3,(H,81,85)/b7-5-,13-11-,19-17-,24-23-,27-26-,63-61+. The van der Waals surface area contributed by atoms with E-state index in [1.54, 1.807) is 6.08 Å². The quantitative estimate of drug-likeness (QED) is 0.0204. The molecular weight excluding hydrogens is 1180 g/mol. The van der Waals surface area contributed by atoms with E-state index in [2.05, 4.69) is 79.9 Å². The number of amides is 1. The van der Waals surface area contributed by atoms with Crippen molar-refractivity contribution in [2.75, 3.05) is 19.8 Å². The molecular formula is C80H145NO13. The molecule has 14 heteroatoms. The summed E-state index contributed by atoms with van der Waals surface area (Å²) in [5, 5.41) is 87.5. The molecule has 2 aliphatic rings. The Balaban J connectivity index is 1.56. The molecule has 0 aromatic heterocycles. The second-order valence-corrected chi connectivity index (χ2v) is 27.5. The highest BCUT2D eigenvalue weighted by atomic mass is 16.7. The van der Waals surface area contributed by atoms with E-state index in [4.69, 9.17) is 18.9 Å². The van der Waals surface area contributed by atoms with Crippen molar-refractivity contribution in [2.24, 2.45) is 0 Å². The molecule has 1 amide bonds. The highest BCUT2D eigenvalue weighted by molar-refractivity contribution is 5.76. The van der Waals surface area contributed by atoms with Crippen LogP contribution in [0, 0.1) is 0 Å². The molecule has 94 heavy (non-hydrogen) atoms. The number of nitrogens with one attached hydrogen (secondary N) is 1. The lowest BCUT2D eigenvalue weighted by atomic mass is 9.97. The lowest BCUT2D eigenvalue weighted by Crippen LogP contribution is -2.65. The second kappa shape index (κ2) is 63.8. The van der Waals surface area contributed by atoms with E-state index >= 15 is 0 Å². The number of carbonyl (C=O) groups excluding carboxylic acids is 1. The molecule has 2 rings (SSSR count). The van der Waals surface area contributed by atoms with Gasteiger partial charge in [0.1, 0.15) is 48.8 Å². The summed E-state index contributed by atoms with van der Waals surface area (Å²) in [5.74, 6) is -0.233. The van der Waals surface area contributed by atoms with Crippen molar-refractivity contribution in [3.05, 3.63) is 72.9 Å². The Morgan fingerprint density at radius 2 is 0.734 bits per heavy atom. The molecule has 2 fully saturated rings. The van der Waals surface area contributed by atoms with E-state index in [-0.39, 0.29) is 18.9 Å². The fourth-order valence-corrected chi connectivity index (χ4v) is 12.7. The van der Waals surface area contributed by atoms with E-state index in [1.165, 1.54) is 238 Å². The molecule has 2 aliphatic heterocycles. The zero-order chi connectivity index (χ0) is 68.0. The molecule has 0 bridgehead atoms. The summed E-state index contributed by atoms with van der Waals surface area (Å²) in [6, 6.07) is -0.915. The van der Waals surface area contributed by atoms with Gasteiger partial charge in [0.15, 0.2) is 12.6 Å². The van der Waals surface area contributed by atoms with Gasteiger partial charge in [0.2, 0.25) is 5.91 Å². The summed E-state index contributed by atoms with van der Waals surface area (Å²) < 4.78 is 22.9. The van der Waals surface area contributed by atoms with E-state index < -0.39 is 86.8 Å². The van der Waals surface area contributed by atoms with Gasteiger partial charge in [-0.3, -0.25) is 4.79 Å². The molecule has 0 aromatic carbocycles. The van der Waals surface area contributed by atoms with Gasteiger partial charge in [-0.1, -0.05) is 337 Å². The third kappa shape index (κ3) is 46.7. The Bertz CT molecular complexity index is 1860. The molecule has 12 unspecified atom stereocenters. The van der Waals surface area contributed by atoms with Crippen molar-refractivity contribution in [2.45, 2.75) is 408 Å². The molecule has 548 valence electrons. The Morgan fingerprint density at radius 3 is 1.13 bits per heavy atom. The van der Waals surface area contributed by atoms with Crippen molar-refractivity contribution in [1.82, 2.24) is 5.32 Å². The van der Waals surface area contributed by atoms with E-state index in [9.17, 15) is 45.6 Å². The van der Waals surface area contributed by atoms with Crippen LogP contribution in [0.15, 0.2) is 72.9 Å². The van der Waals surface area contributed by atoms with Gasteiger partial charge in [0, 0.05) is 6.42 Å². The van der Waals surface area contributed by atoms with E-state index in [0.717, 1.165) is 70.6 Å². The number of rotatable bonds is 65. The summed E-state index contributed by atoms with van der Waals surface area (Å²) in [6.45, 7) is 2.73. The van der Waals surface area contributed by atoms with Gasteiger partial charge in [-0.2, -0.15) is 0 Å². The van der Waals surface area contributed by atoms with Gasteiger partial charge >= 0.3 is 0 Å². The second-order valence-electron chi connectivity index (χ2n) is 27.5. The predicted molar refractivity (Wildman–Crippen MR) is 387 cm³/mol. The number of aliphatic hydroxyl groups excluding tert-OH is 8. The van der Waals surface area contributed by atoms with Crippen LogP contribution in [0.5, 0.6) is 0 Å². The monoisotopic (exact) mass is 1330 g/mol. The number of ether oxygens (including phenoxy) is 4. The third-order valence-corrected chi connectivity index (χ3v) is 18.9. The summed E-state index contributed by atoms with van der Waals surface area (Å²) in [7, 11) is 0. The van der Waals surface area contributed by atoms with Crippen LogP contribution < -0.4 is 5.32 Å². The number of hydrogen-bond donors (Lipinski definition) is 9. The molecule has 0 radical (unpaired) electrons. The first kappa shape index (κ1) is 87.5. The molecule has 2 saturated heterocycles. The summed E-state index contributed by atoms with van der Waals surface area (Å²) >= 11 is 0. The lowest BCUT2D eigenvalue weighted by Gasteiger charge is -2.46. The molecule has 0 aliphatic carbocycles. The van der Waals surface area contributed by atoms with Crippen molar-refractivity contribution >= 4 is 5.91 Å². The number of aliphatic hydroxyl groups is 8. The predicted octanol–water partition coefficient (Wildman–Crippen LogP) is 17.4. The average Bonchev–Trinajstić information content (AvgIpc) is 0.794. The minimum Gasteiger partial charge on any atom is -0.394 e. The summed E-state index contributed by atoms with van der Waals surface area (Å²) in [5.41, 5.74) is 0. The average molecular weight is 1330 g/mol. The minimum atomic E-state index is -1.79. The van der Waals surface area contributed by atoms with Crippen LogP contribution in [0.1, 0.15) is 335 Å². The lowest BCUT2D eigenvalue weighted by molar-refractivity contribution is -0.359. The largest absolute Gasteiger partial charge is 0.394 e. The number of hydrogen-bond acceptors (Lipinski definition) is 13. The maximum atomic E-state index is 13.4. The minimum absolute atomic E-state index is 0.233. The fourth-order valence-electron chi connectivity index (χ4n) is 12.7. The van der Waals surface area contributed by atoms with Crippen LogP contribution in [0.25, 0.3) is 0 Å². The van der Waals surface area contributed by atoms with Crippen LogP contribution in [0.2, 0.25) is 0 Å². The Hall–Kier alpha value is -2.57. The third-order valence-electron chi connectivity index (χ3n) is 18.9. The van der Waals surface area contributed by atoms with E-state index in [1.807, 2.05) is 6.08 Å². The SMILES string of the molecule is CC/C=C\C/C=C\C/C=C\C/C=C\C/C=C\CCCCCCCCCCCCCCCCCCCCCCCCCCCC(=O)NC(COC1OC(CO)C(OC2OC(CO)C(O)C(O)C2O)C(O)C1O)C(O)/C=C/CCCCCCCCCCCCCCCCCCC. The summed E-state index contributed by atoms with van der Waals surface area (Å²) in [4.78, 5) is 13.4. The van der Waals surface area contributed by atoms with Gasteiger partial charge in [0.05, 0.1) is 32.0 Å². The molecule has 0 spiro atoms. The number of carbonyl (C=O) groups is 1. The van der Waals surface area contributed by atoms with Crippen molar-refractivity contribution in [3.63, 3.8) is 0 Å². The maximum absolute atomic E-state index is 13.4. The summed E-state index contributed by atoms with van der Waals surface area (Å²) in [6.07, 6.45) is 71.3. The first-order chi connectivity index (χ1) is 46.1.